The Morgan fingerprint density at radius 2 is 1.83 bits per heavy atom. The number of hydrogen-bond acceptors (Lipinski definition) is 3. The molecule has 1 amide bonds. The zero-order chi connectivity index (χ0) is 17.1. The minimum atomic E-state index is -0.285. The number of fused-ring (bicyclic) bond motifs is 1. The number of carbonyl (C=O) groups is 1. The molecule has 3 aromatic rings. The number of amides is 1. The molecule has 0 bridgehead atoms. The fraction of sp³-hybridized carbons (Fsp3) is 0.118. The van der Waals surface area contributed by atoms with Crippen LogP contribution in [0.1, 0.15) is 12.1 Å². The van der Waals surface area contributed by atoms with Crippen molar-refractivity contribution in [3.63, 3.8) is 0 Å². The molecule has 0 unspecified atom stereocenters. The lowest BCUT2D eigenvalue weighted by atomic mass is 10.2. The fourth-order valence-electron chi connectivity index (χ4n) is 2.32. The van der Waals surface area contributed by atoms with Crippen molar-refractivity contribution in [1.82, 2.24) is 9.97 Å². The van der Waals surface area contributed by atoms with E-state index in [1.807, 2.05) is 18.2 Å². The molecule has 0 aliphatic heterocycles. The molecule has 1 aromatic heterocycles. The third-order valence-electron chi connectivity index (χ3n) is 3.40. The van der Waals surface area contributed by atoms with Crippen LogP contribution in [0.15, 0.2) is 47.3 Å². The first-order chi connectivity index (χ1) is 11.5. The summed E-state index contributed by atoms with van der Waals surface area (Å²) in [5.41, 5.74) is 1.91. The summed E-state index contributed by atoms with van der Waals surface area (Å²) in [6, 6.07) is 12.0. The van der Waals surface area contributed by atoms with Crippen molar-refractivity contribution >= 4 is 45.8 Å². The van der Waals surface area contributed by atoms with Crippen LogP contribution in [0.2, 0.25) is 10.0 Å². The lowest BCUT2D eigenvalue weighted by Gasteiger charge is -2.06. The van der Waals surface area contributed by atoms with Crippen LogP contribution in [0.5, 0.6) is 0 Å². The van der Waals surface area contributed by atoms with E-state index in [1.165, 1.54) is 0 Å². The first kappa shape index (κ1) is 16.5. The van der Waals surface area contributed by atoms with Gasteiger partial charge in [0, 0.05) is 28.6 Å². The molecule has 2 aromatic carbocycles. The van der Waals surface area contributed by atoms with Gasteiger partial charge in [-0.2, -0.15) is 0 Å². The van der Waals surface area contributed by atoms with Crippen LogP contribution in [0.4, 0.5) is 5.69 Å². The van der Waals surface area contributed by atoms with E-state index in [9.17, 15) is 9.59 Å². The number of nitrogens with one attached hydrogen (secondary N) is 2. The summed E-state index contributed by atoms with van der Waals surface area (Å²) >= 11 is 11.8. The SMILES string of the molecule is O=C(CCc1nc2ccccc2[nH]c1=O)Nc1cc(Cl)cc(Cl)c1. The van der Waals surface area contributed by atoms with E-state index in [4.69, 9.17) is 23.2 Å². The van der Waals surface area contributed by atoms with Gasteiger partial charge in [0.05, 0.1) is 11.0 Å². The average molecular weight is 362 g/mol. The predicted octanol–water partition coefficient (Wildman–Crippen LogP) is 3.80. The predicted molar refractivity (Wildman–Crippen MR) is 95.8 cm³/mol. The lowest BCUT2D eigenvalue weighted by Crippen LogP contribution is -2.19. The Hall–Kier alpha value is -2.37. The molecular weight excluding hydrogens is 349 g/mol. The number of benzene rings is 2. The number of anilines is 1. The minimum Gasteiger partial charge on any atom is -0.326 e. The van der Waals surface area contributed by atoms with Crippen molar-refractivity contribution < 1.29 is 4.79 Å². The third-order valence-corrected chi connectivity index (χ3v) is 3.84. The maximum absolute atomic E-state index is 12.0. The summed E-state index contributed by atoms with van der Waals surface area (Å²) in [5.74, 6) is -0.248. The van der Waals surface area contributed by atoms with Crippen molar-refractivity contribution in [2.24, 2.45) is 0 Å². The largest absolute Gasteiger partial charge is 0.326 e. The summed E-state index contributed by atoms with van der Waals surface area (Å²) in [5, 5.41) is 3.57. The van der Waals surface area contributed by atoms with Gasteiger partial charge < -0.3 is 10.3 Å². The molecule has 0 fully saturated rings. The molecule has 24 heavy (non-hydrogen) atoms. The molecule has 0 saturated carbocycles. The first-order valence-electron chi connectivity index (χ1n) is 7.25. The van der Waals surface area contributed by atoms with E-state index >= 15 is 0 Å². The topological polar surface area (TPSA) is 74.8 Å². The number of aromatic amines is 1. The van der Waals surface area contributed by atoms with Crippen LogP contribution in [-0.4, -0.2) is 15.9 Å². The first-order valence-corrected chi connectivity index (χ1v) is 8.01. The zero-order valence-electron chi connectivity index (χ0n) is 12.5. The Morgan fingerprint density at radius 1 is 1.12 bits per heavy atom. The van der Waals surface area contributed by atoms with Gasteiger partial charge in [-0.25, -0.2) is 4.98 Å². The van der Waals surface area contributed by atoms with E-state index in [0.29, 0.717) is 32.5 Å². The highest BCUT2D eigenvalue weighted by atomic mass is 35.5. The highest BCUT2D eigenvalue weighted by molar-refractivity contribution is 6.35. The monoisotopic (exact) mass is 361 g/mol. The lowest BCUT2D eigenvalue weighted by molar-refractivity contribution is -0.116. The molecular formula is C17H13Cl2N3O2. The summed E-state index contributed by atoms with van der Waals surface area (Å²) in [7, 11) is 0. The Kier molecular flexibility index (Phi) is 4.83. The highest BCUT2D eigenvalue weighted by Crippen LogP contribution is 2.22. The molecule has 0 aliphatic rings. The number of carbonyl (C=O) groups excluding carboxylic acids is 1. The van der Waals surface area contributed by atoms with Gasteiger partial charge in [0.25, 0.3) is 5.56 Å². The van der Waals surface area contributed by atoms with Crippen LogP contribution in [0, 0.1) is 0 Å². The number of H-pyrrole nitrogens is 1. The van der Waals surface area contributed by atoms with Crippen LogP contribution >= 0.6 is 23.2 Å². The molecule has 0 aliphatic carbocycles. The second-order valence-electron chi connectivity index (χ2n) is 5.24. The van der Waals surface area contributed by atoms with Gasteiger partial charge in [-0.15, -0.1) is 0 Å². The van der Waals surface area contributed by atoms with Crippen LogP contribution in [0.3, 0.4) is 0 Å². The fourth-order valence-corrected chi connectivity index (χ4v) is 2.84. The third kappa shape index (κ3) is 3.93. The summed E-state index contributed by atoms with van der Waals surface area (Å²) in [6.07, 6.45) is 0.360. The molecule has 0 atom stereocenters. The molecule has 0 saturated heterocycles. The number of rotatable bonds is 4. The van der Waals surface area contributed by atoms with E-state index in [0.717, 1.165) is 0 Å². The Balaban J connectivity index is 1.70. The van der Waals surface area contributed by atoms with Crippen LogP contribution in [-0.2, 0) is 11.2 Å². The summed E-state index contributed by atoms with van der Waals surface area (Å²) in [6.45, 7) is 0. The molecule has 3 rings (SSSR count). The van der Waals surface area contributed by atoms with Gasteiger partial charge in [-0.05, 0) is 30.3 Å². The Morgan fingerprint density at radius 3 is 2.58 bits per heavy atom. The summed E-state index contributed by atoms with van der Waals surface area (Å²) in [4.78, 5) is 31.1. The minimum absolute atomic E-state index is 0.124. The second-order valence-corrected chi connectivity index (χ2v) is 6.11. The van der Waals surface area contributed by atoms with Crippen LogP contribution < -0.4 is 10.9 Å². The van der Waals surface area contributed by atoms with Crippen molar-refractivity contribution in [2.45, 2.75) is 12.8 Å². The van der Waals surface area contributed by atoms with Gasteiger partial charge in [-0.3, -0.25) is 9.59 Å². The molecule has 5 nitrogen and oxygen atoms in total. The molecule has 1 heterocycles. The van der Waals surface area contributed by atoms with Gasteiger partial charge in [0.15, 0.2) is 0 Å². The number of hydrogen-bond donors (Lipinski definition) is 2. The molecule has 0 radical (unpaired) electrons. The zero-order valence-corrected chi connectivity index (χ0v) is 14.0. The van der Waals surface area contributed by atoms with Crippen molar-refractivity contribution in [3.8, 4) is 0 Å². The van der Waals surface area contributed by atoms with E-state index in [-0.39, 0.29) is 24.3 Å². The molecule has 7 heteroatoms. The molecule has 0 spiro atoms. The van der Waals surface area contributed by atoms with Crippen molar-refractivity contribution in [1.29, 1.82) is 0 Å². The van der Waals surface area contributed by atoms with Gasteiger partial charge in [0.1, 0.15) is 5.69 Å². The number of aromatic nitrogens is 2. The average Bonchev–Trinajstić information content (AvgIpc) is 2.52. The Bertz CT molecular complexity index is 949. The maximum Gasteiger partial charge on any atom is 0.270 e. The quantitative estimate of drug-likeness (QED) is 0.741. The molecule has 122 valence electrons. The van der Waals surface area contributed by atoms with Crippen molar-refractivity contribution in [2.75, 3.05) is 5.32 Å². The molecule has 2 N–H and O–H groups in total. The normalized spacial score (nSPS) is 10.8. The number of nitrogens with zero attached hydrogens (tertiary/aromatic N) is 1. The number of aryl methyl sites for hydroxylation is 1. The summed E-state index contributed by atoms with van der Waals surface area (Å²) < 4.78 is 0. The van der Waals surface area contributed by atoms with E-state index < -0.39 is 0 Å². The second kappa shape index (κ2) is 7.03. The van der Waals surface area contributed by atoms with E-state index in [1.54, 1.807) is 24.3 Å². The number of para-hydroxylation sites is 2. The Labute approximate surface area is 147 Å². The van der Waals surface area contributed by atoms with Gasteiger partial charge >= 0.3 is 0 Å². The van der Waals surface area contributed by atoms with Gasteiger partial charge in [0.2, 0.25) is 5.91 Å². The van der Waals surface area contributed by atoms with Crippen LogP contribution in [0.25, 0.3) is 11.0 Å². The van der Waals surface area contributed by atoms with Crippen molar-refractivity contribution in [3.05, 3.63) is 68.6 Å². The highest BCUT2D eigenvalue weighted by Gasteiger charge is 2.09. The van der Waals surface area contributed by atoms with Gasteiger partial charge in [-0.1, -0.05) is 35.3 Å². The van der Waals surface area contributed by atoms with E-state index in [2.05, 4.69) is 15.3 Å². The standard InChI is InChI=1S/C17H13Cl2N3O2/c18-10-7-11(19)9-12(8-10)20-16(23)6-5-15-17(24)22-14-4-2-1-3-13(14)21-15/h1-4,7-9H,5-6H2,(H,20,23)(H,22,24). The smallest absolute Gasteiger partial charge is 0.270 e. The number of halogens is 2. The maximum atomic E-state index is 12.0.